The molecule has 0 bridgehead atoms. The van der Waals surface area contributed by atoms with Gasteiger partial charge in [0.05, 0.1) is 0 Å². The third kappa shape index (κ3) is 4.06. The van der Waals surface area contributed by atoms with Gasteiger partial charge >= 0.3 is 6.18 Å². The molecule has 0 aliphatic rings. The zero-order valence-electron chi connectivity index (χ0n) is 8.63. The van der Waals surface area contributed by atoms with Crippen molar-refractivity contribution in [3.05, 3.63) is 23.7 Å². The number of aryl methyl sites for hydroxylation is 1. The number of ketones is 1. The lowest BCUT2D eigenvalue weighted by Gasteiger charge is -2.05. The quantitative estimate of drug-likeness (QED) is 0.737. The molecule has 0 N–H and O–H groups in total. The smallest absolute Gasteiger partial charge is 0.411 e. The minimum Gasteiger partial charge on any atom is -0.458 e. The molecule has 6 heteroatoms. The minimum atomic E-state index is -4.42. The molecule has 1 aromatic heterocycles. The van der Waals surface area contributed by atoms with Crippen LogP contribution in [0.5, 0.6) is 0 Å². The molecular formula is C10H11F3O3. The van der Waals surface area contributed by atoms with Crippen molar-refractivity contribution in [3.63, 3.8) is 0 Å². The highest BCUT2D eigenvalue weighted by Crippen LogP contribution is 2.15. The Bertz CT molecular complexity index is 354. The number of furan rings is 1. The molecule has 1 heterocycles. The summed E-state index contributed by atoms with van der Waals surface area (Å²) in [4.78, 5) is 11.3. The average molecular weight is 236 g/mol. The lowest BCUT2D eigenvalue weighted by atomic mass is 10.3. The Kier molecular flexibility index (Phi) is 4.12. The van der Waals surface area contributed by atoms with E-state index in [4.69, 9.17) is 4.42 Å². The van der Waals surface area contributed by atoms with Crippen molar-refractivity contribution in [2.24, 2.45) is 0 Å². The Labute approximate surface area is 90.2 Å². The number of Topliss-reactive ketones (excluding diaryl/α,β-unsaturated/α-hetero) is 1. The van der Waals surface area contributed by atoms with Gasteiger partial charge in [-0.3, -0.25) is 4.79 Å². The first-order chi connectivity index (χ1) is 7.42. The Morgan fingerprint density at radius 3 is 2.62 bits per heavy atom. The third-order valence-electron chi connectivity index (χ3n) is 1.78. The van der Waals surface area contributed by atoms with Crippen LogP contribution in [0.1, 0.15) is 23.2 Å². The van der Waals surface area contributed by atoms with Crippen molar-refractivity contribution in [3.8, 4) is 0 Å². The maximum atomic E-state index is 11.7. The molecule has 0 fully saturated rings. The summed E-state index contributed by atoms with van der Waals surface area (Å²) in [5.74, 6) is 0.0437. The first-order valence-corrected chi connectivity index (χ1v) is 4.69. The topological polar surface area (TPSA) is 39.4 Å². The van der Waals surface area contributed by atoms with E-state index in [-0.39, 0.29) is 5.76 Å². The van der Waals surface area contributed by atoms with Crippen molar-refractivity contribution in [2.45, 2.75) is 19.5 Å². The van der Waals surface area contributed by atoms with Gasteiger partial charge in [0.1, 0.15) is 19.0 Å². The molecule has 0 aliphatic heterocycles. The van der Waals surface area contributed by atoms with E-state index < -0.39 is 25.2 Å². The largest absolute Gasteiger partial charge is 0.458 e. The van der Waals surface area contributed by atoms with E-state index in [1.165, 1.54) is 6.07 Å². The van der Waals surface area contributed by atoms with E-state index >= 15 is 0 Å². The van der Waals surface area contributed by atoms with Crippen LogP contribution in [-0.4, -0.2) is 25.2 Å². The highest BCUT2D eigenvalue weighted by atomic mass is 19.4. The number of carbonyl (C=O) groups is 1. The standard InChI is InChI=1S/C10H11F3O3/c1-2-7-3-4-9(16-7)8(14)5-15-6-10(11,12)13/h3-4H,2,5-6H2,1H3. The lowest BCUT2D eigenvalue weighted by molar-refractivity contribution is -0.171. The summed E-state index contributed by atoms with van der Waals surface area (Å²) in [5.41, 5.74) is 0. The molecule has 3 nitrogen and oxygen atoms in total. The van der Waals surface area contributed by atoms with E-state index in [0.717, 1.165) is 0 Å². The first kappa shape index (κ1) is 12.8. The molecule has 0 aliphatic carbocycles. The van der Waals surface area contributed by atoms with Crippen molar-refractivity contribution < 1.29 is 27.1 Å². The number of rotatable bonds is 5. The number of hydrogen-bond acceptors (Lipinski definition) is 3. The van der Waals surface area contributed by atoms with Gasteiger partial charge in [0.2, 0.25) is 5.78 Å². The van der Waals surface area contributed by atoms with Gasteiger partial charge in [-0.05, 0) is 12.1 Å². The number of ether oxygens (including phenoxy) is 1. The van der Waals surface area contributed by atoms with Crippen molar-refractivity contribution >= 4 is 5.78 Å². The Balaban J connectivity index is 2.41. The lowest BCUT2D eigenvalue weighted by Crippen LogP contribution is -2.20. The molecule has 0 aromatic carbocycles. The fourth-order valence-corrected chi connectivity index (χ4v) is 1.05. The molecule has 0 unspecified atom stereocenters. The third-order valence-corrected chi connectivity index (χ3v) is 1.78. The highest BCUT2D eigenvalue weighted by Gasteiger charge is 2.28. The summed E-state index contributed by atoms with van der Waals surface area (Å²) in [7, 11) is 0. The zero-order chi connectivity index (χ0) is 12.2. The number of alkyl halides is 3. The molecule has 0 radical (unpaired) electrons. The van der Waals surface area contributed by atoms with Crippen molar-refractivity contribution in [1.82, 2.24) is 0 Å². The van der Waals surface area contributed by atoms with Crippen molar-refractivity contribution in [1.29, 1.82) is 0 Å². The predicted molar refractivity (Wildman–Crippen MR) is 49.3 cm³/mol. The second-order valence-electron chi connectivity index (χ2n) is 3.15. The number of carbonyl (C=O) groups excluding carboxylic acids is 1. The first-order valence-electron chi connectivity index (χ1n) is 4.69. The fourth-order valence-electron chi connectivity index (χ4n) is 1.05. The summed E-state index contributed by atoms with van der Waals surface area (Å²) in [6.45, 7) is -0.219. The van der Waals surface area contributed by atoms with Crippen LogP contribution >= 0.6 is 0 Å². The second kappa shape index (κ2) is 5.16. The van der Waals surface area contributed by atoms with Crippen LogP contribution in [0, 0.1) is 0 Å². The molecule has 90 valence electrons. The SMILES string of the molecule is CCc1ccc(C(=O)COCC(F)(F)F)o1. The van der Waals surface area contributed by atoms with Gasteiger partial charge in [-0.1, -0.05) is 6.92 Å². The van der Waals surface area contributed by atoms with Crippen LogP contribution in [0.3, 0.4) is 0 Å². The van der Waals surface area contributed by atoms with Crippen LogP contribution in [0.2, 0.25) is 0 Å². The normalized spacial score (nSPS) is 11.8. The highest BCUT2D eigenvalue weighted by molar-refractivity contribution is 5.94. The zero-order valence-corrected chi connectivity index (χ0v) is 8.63. The van der Waals surface area contributed by atoms with Gasteiger partial charge in [0.25, 0.3) is 0 Å². The van der Waals surface area contributed by atoms with Gasteiger partial charge in [0, 0.05) is 6.42 Å². The number of halogens is 3. The summed E-state index contributed by atoms with van der Waals surface area (Å²) in [6, 6.07) is 3.04. The van der Waals surface area contributed by atoms with Crippen LogP contribution in [0.4, 0.5) is 13.2 Å². The van der Waals surface area contributed by atoms with Gasteiger partial charge in [0.15, 0.2) is 5.76 Å². The van der Waals surface area contributed by atoms with E-state index in [9.17, 15) is 18.0 Å². The Hall–Kier alpha value is -1.30. The molecule has 0 amide bonds. The van der Waals surface area contributed by atoms with E-state index in [2.05, 4.69) is 4.74 Å². The van der Waals surface area contributed by atoms with E-state index in [0.29, 0.717) is 12.2 Å². The minimum absolute atomic E-state index is 0.0269. The van der Waals surface area contributed by atoms with Gasteiger partial charge in [-0.25, -0.2) is 0 Å². The Morgan fingerprint density at radius 1 is 1.44 bits per heavy atom. The monoisotopic (exact) mass is 236 g/mol. The molecule has 0 spiro atoms. The molecule has 16 heavy (non-hydrogen) atoms. The summed E-state index contributed by atoms with van der Waals surface area (Å²) >= 11 is 0. The predicted octanol–water partition coefficient (Wildman–Crippen LogP) is 2.60. The summed E-state index contributed by atoms with van der Waals surface area (Å²) in [5, 5.41) is 0. The number of hydrogen-bond donors (Lipinski definition) is 0. The fraction of sp³-hybridized carbons (Fsp3) is 0.500. The molecule has 0 saturated heterocycles. The van der Waals surface area contributed by atoms with Gasteiger partial charge in [-0.15, -0.1) is 0 Å². The summed E-state index contributed by atoms with van der Waals surface area (Å²) in [6.07, 6.45) is -3.80. The average Bonchev–Trinajstić information content (AvgIpc) is 2.63. The molecule has 0 saturated carbocycles. The Morgan fingerprint density at radius 2 is 2.12 bits per heavy atom. The van der Waals surface area contributed by atoms with Gasteiger partial charge in [-0.2, -0.15) is 13.2 Å². The maximum absolute atomic E-state index is 11.7. The van der Waals surface area contributed by atoms with Crippen molar-refractivity contribution in [2.75, 3.05) is 13.2 Å². The molecule has 1 aromatic rings. The van der Waals surface area contributed by atoms with Gasteiger partial charge < -0.3 is 9.15 Å². The van der Waals surface area contributed by atoms with Crippen LogP contribution in [0.25, 0.3) is 0 Å². The van der Waals surface area contributed by atoms with E-state index in [1.54, 1.807) is 6.07 Å². The second-order valence-corrected chi connectivity index (χ2v) is 3.15. The van der Waals surface area contributed by atoms with E-state index in [1.807, 2.05) is 6.92 Å². The molecule has 1 rings (SSSR count). The van der Waals surface area contributed by atoms with Crippen LogP contribution in [-0.2, 0) is 11.2 Å². The molecule has 0 atom stereocenters. The summed E-state index contributed by atoms with van der Waals surface area (Å²) < 4.78 is 44.4. The van der Waals surface area contributed by atoms with Crippen LogP contribution in [0.15, 0.2) is 16.5 Å². The maximum Gasteiger partial charge on any atom is 0.411 e. The molecular weight excluding hydrogens is 225 g/mol. The van der Waals surface area contributed by atoms with Crippen LogP contribution < -0.4 is 0 Å².